The second-order valence-electron chi connectivity index (χ2n) is 7.29. The SMILES string of the molecule is CCOc1ccc(CN(C(=O)c2ccc(-c3cc(N)ccn3)cc2)C2CC2)cc1. The molecule has 3 aromatic rings. The molecule has 0 bridgehead atoms. The first-order valence-corrected chi connectivity index (χ1v) is 9.98. The Morgan fingerprint density at radius 2 is 1.83 bits per heavy atom. The van der Waals surface area contributed by atoms with E-state index in [0.29, 0.717) is 30.4 Å². The number of pyridine rings is 1. The summed E-state index contributed by atoms with van der Waals surface area (Å²) in [6.07, 6.45) is 3.82. The monoisotopic (exact) mass is 387 g/mol. The number of hydrogen-bond acceptors (Lipinski definition) is 4. The summed E-state index contributed by atoms with van der Waals surface area (Å²) in [6, 6.07) is 19.5. The predicted molar refractivity (Wildman–Crippen MR) is 115 cm³/mol. The lowest BCUT2D eigenvalue weighted by atomic mass is 10.1. The van der Waals surface area contributed by atoms with Crippen LogP contribution in [0.25, 0.3) is 11.3 Å². The third-order valence-electron chi connectivity index (χ3n) is 5.05. The number of nitrogens with two attached hydrogens (primary N) is 1. The van der Waals surface area contributed by atoms with E-state index in [-0.39, 0.29) is 5.91 Å². The Morgan fingerprint density at radius 3 is 2.45 bits per heavy atom. The van der Waals surface area contributed by atoms with Gasteiger partial charge in [0, 0.05) is 35.6 Å². The van der Waals surface area contributed by atoms with Gasteiger partial charge in [-0.15, -0.1) is 0 Å². The third-order valence-corrected chi connectivity index (χ3v) is 5.05. The maximum atomic E-state index is 13.2. The lowest BCUT2D eigenvalue weighted by molar-refractivity contribution is 0.0730. The van der Waals surface area contributed by atoms with Crippen LogP contribution in [-0.4, -0.2) is 28.4 Å². The van der Waals surface area contributed by atoms with Crippen molar-refractivity contribution >= 4 is 11.6 Å². The molecule has 1 aliphatic rings. The van der Waals surface area contributed by atoms with Crippen molar-refractivity contribution in [3.05, 3.63) is 78.0 Å². The Morgan fingerprint density at radius 1 is 1.10 bits per heavy atom. The number of nitrogen functional groups attached to an aromatic ring is 1. The van der Waals surface area contributed by atoms with Crippen LogP contribution in [0.5, 0.6) is 5.75 Å². The Kier molecular flexibility index (Phi) is 5.47. The smallest absolute Gasteiger partial charge is 0.254 e. The molecular weight excluding hydrogens is 362 g/mol. The molecular formula is C24H25N3O2. The van der Waals surface area contributed by atoms with Gasteiger partial charge < -0.3 is 15.4 Å². The maximum absolute atomic E-state index is 13.2. The number of nitrogens with zero attached hydrogens (tertiary/aromatic N) is 2. The van der Waals surface area contributed by atoms with Crippen molar-refractivity contribution in [1.29, 1.82) is 0 Å². The van der Waals surface area contributed by atoms with Gasteiger partial charge in [-0.25, -0.2) is 0 Å². The van der Waals surface area contributed by atoms with Crippen LogP contribution in [0.3, 0.4) is 0 Å². The highest BCUT2D eigenvalue weighted by Crippen LogP contribution is 2.30. The molecule has 4 rings (SSSR count). The molecule has 1 fully saturated rings. The van der Waals surface area contributed by atoms with Gasteiger partial charge in [-0.1, -0.05) is 24.3 Å². The van der Waals surface area contributed by atoms with E-state index in [1.807, 2.05) is 66.4 Å². The van der Waals surface area contributed by atoms with Gasteiger partial charge in [0.1, 0.15) is 5.75 Å². The molecule has 1 amide bonds. The Bertz CT molecular complexity index is 980. The summed E-state index contributed by atoms with van der Waals surface area (Å²) >= 11 is 0. The maximum Gasteiger partial charge on any atom is 0.254 e. The van der Waals surface area contributed by atoms with Crippen molar-refractivity contribution in [3.63, 3.8) is 0 Å². The van der Waals surface area contributed by atoms with Crippen molar-refractivity contribution in [2.45, 2.75) is 32.4 Å². The first-order chi connectivity index (χ1) is 14.1. The highest BCUT2D eigenvalue weighted by molar-refractivity contribution is 5.95. The zero-order valence-electron chi connectivity index (χ0n) is 16.5. The van der Waals surface area contributed by atoms with Gasteiger partial charge in [-0.3, -0.25) is 9.78 Å². The lowest BCUT2D eigenvalue weighted by Gasteiger charge is -2.23. The van der Waals surface area contributed by atoms with Crippen LogP contribution in [0.1, 0.15) is 35.7 Å². The van der Waals surface area contributed by atoms with Crippen LogP contribution < -0.4 is 10.5 Å². The van der Waals surface area contributed by atoms with E-state index in [1.165, 1.54) is 0 Å². The van der Waals surface area contributed by atoms with Crippen molar-refractivity contribution in [1.82, 2.24) is 9.88 Å². The topological polar surface area (TPSA) is 68.5 Å². The van der Waals surface area contributed by atoms with Crippen molar-refractivity contribution in [2.24, 2.45) is 0 Å². The number of ether oxygens (including phenoxy) is 1. The molecule has 29 heavy (non-hydrogen) atoms. The molecule has 0 spiro atoms. The average molecular weight is 387 g/mol. The summed E-state index contributed by atoms with van der Waals surface area (Å²) in [6.45, 7) is 3.22. The Balaban J connectivity index is 1.50. The van der Waals surface area contributed by atoms with E-state index >= 15 is 0 Å². The van der Waals surface area contributed by atoms with E-state index in [1.54, 1.807) is 12.3 Å². The number of carbonyl (C=O) groups is 1. The minimum absolute atomic E-state index is 0.0634. The Hall–Kier alpha value is -3.34. The summed E-state index contributed by atoms with van der Waals surface area (Å²) in [5.74, 6) is 0.916. The van der Waals surface area contributed by atoms with Crippen molar-refractivity contribution in [2.75, 3.05) is 12.3 Å². The third kappa shape index (κ3) is 4.57. The number of anilines is 1. The Labute approximate surface area is 171 Å². The molecule has 0 radical (unpaired) electrons. The van der Waals surface area contributed by atoms with E-state index in [2.05, 4.69) is 4.98 Å². The molecule has 5 nitrogen and oxygen atoms in total. The van der Waals surface area contributed by atoms with Crippen LogP contribution in [0.15, 0.2) is 66.9 Å². The normalized spacial score (nSPS) is 13.1. The molecule has 1 heterocycles. The second kappa shape index (κ2) is 8.35. The van der Waals surface area contributed by atoms with Crippen molar-refractivity contribution in [3.8, 4) is 17.0 Å². The second-order valence-corrected chi connectivity index (χ2v) is 7.29. The first kappa shape index (κ1) is 19.0. The van der Waals surface area contributed by atoms with E-state index < -0.39 is 0 Å². The van der Waals surface area contributed by atoms with Crippen molar-refractivity contribution < 1.29 is 9.53 Å². The molecule has 0 aliphatic heterocycles. The van der Waals surface area contributed by atoms with E-state index in [9.17, 15) is 4.79 Å². The number of carbonyl (C=O) groups excluding carboxylic acids is 1. The molecule has 2 N–H and O–H groups in total. The highest BCUT2D eigenvalue weighted by atomic mass is 16.5. The summed E-state index contributed by atoms with van der Waals surface area (Å²) in [4.78, 5) is 19.5. The fraction of sp³-hybridized carbons (Fsp3) is 0.250. The zero-order chi connectivity index (χ0) is 20.2. The molecule has 0 atom stereocenters. The summed E-state index contributed by atoms with van der Waals surface area (Å²) in [7, 11) is 0. The number of aromatic nitrogens is 1. The van der Waals surface area contributed by atoms with E-state index in [4.69, 9.17) is 10.5 Å². The number of hydrogen-bond donors (Lipinski definition) is 1. The summed E-state index contributed by atoms with van der Waals surface area (Å²) < 4.78 is 5.50. The number of amides is 1. The minimum Gasteiger partial charge on any atom is -0.494 e. The van der Waals surface area contributed by atoms with E-state index in [0.717, 1.165) is 35.4 Å². The standard InChI is InChI=1S/C24H25N3O2/c1-2-29-22-11-3-17(4-12-22)16-27(21-9-10-21)24(28)19-7-5-18(6-8-19)23-15-20(25)13-14-26-23/h3-8,11-15,21H,2,9-10,16H2,1H3,(H2,25,26). The van der Waals surface area contributed by atoms with Gasteiger partial charge >= 0.3 is 0 Å². The summed E-state index contributed by atoms with van der Waals surface area (Å²) in [5.41, 5.74) is 10.1. The molecule has 0 saturated heterocycles. The van der Waals surface area contributed by atoms with Gasteiger partial charge in [-0.2, -0.15) is 0 Å². The van der Waals surface area contributed by atoms with Gasteiger partial charge in [0.25, 0.3) is 5.91 Å². The van der Waals surface area contributed by atoms with Crippen LogP contribution in [0.4, 0.5) is 5.69 Å². The molecule has 1 aliphatic carbocycles. The average Bonchev–Trinajstić information content (AvgIpc) is 3.58. The fourth-order valence-electron chi connectivity index (χ4n) is 3.36. The number of benzene rings is 2. The molecule has 0 unspecified atom stereocenters. The highest BCUT2D eigenvalue weighted by Gasteiger charge is 2.33. The van der Waals surface area contributed by atoms with Crippen LogP contribution in [-0.2, 0) is 6.54 Å². The summed E-state index contributed by atoms with van der Waals surface area (Å²) in [5, 5.41) is 0. The van der Waals surface area contributed by atoms with Crippen LogP contribution in [0.2, 0.25) is 0 Å². The minimum atomic E-state index is 0.0634. The van der Waals surface area contributed by atoms with Crippen LogP contribution >= 0.6 is 0 Å². The predicted octanol–water partition coefficient (Wildman–Crippen LogP) is 4.53. The molecule has 148 valence electrons. The largest absolute Gasteiger partial charge is 0.494 e. The van der Waals surface area contributed by atoms with Gasteiger partial charge in [0.05, 0.1) is 12.3 Å². The molecule has 1 aromatic heterocycles. The van der Waals surface area contributed by atoms with Gasteiger partial charge in [-0.05, 0) is 61.7 Å². The first-order valence-electron chi connectivity index (χ1n) is 9.98. The van der Waals surface area contributed by atoms with Gasteiger partial charge in [0.2, 0.25) is 0 Å². The molecule has 1 saturated carbocycles. The molecule has 2 aromatic carbocycles. The lowest BCUT2D eigenvalue weighted by Crippen LogP contribution is -2.32. The zero-order valence-corrected chi connectivity index (χ0v) is 16.5. The fourth-order valence-corrected chi connectivity index (χ4v) is 3.36. The number of rotatable bonds is 7. The molecule has 5 heteroatoms. The van der Waals surface area contributed by atoms with Gasteiger partial charge in [0.15, 0.2) is 0 Å². The van der Waals surface area contributed by atoms with Crippen LogP contribution in [0, 0.1) is 0 Å². The quantitative estimate of drug-likeness (QED) is 0.646.